The summed E-state index contributed by atoms with van der Waals surface area (Å²) >= 11 is 1.27. The summed E-state index contributed by atoms with van der Waals surface area (Å²) in [6, 6.07) is 2.21. The van der Waals surface area contributed by atoms with Crippen LogP contribution in [0.3, 0.4) is 0 Å². The fourth-order valence-corrected chi connectivity index (χ4v) is 3.83. The molecule has 1 N–H and O–H groups in total. The minimum Gasteiger partial charge on any atom is -0.320 e. The number of urea groups is 1. The molecule has 0 aliphatic carbocycles. The first-order valence-corrected chi connectivity index (χ1v) is 9.29. The summed E-state index contributed by atoms with van der Waals surface area (Å²) in [5.41, 5.74) is 0.253. The minimum absolute atomic E-state index is 0.0720. The van der Waals surface area contributed by atoms with E-state index in [1.165, 1.54) is 16.3 Å². The van der Waals surface area contributed by atoms with Crippen molar-refractivity contribution >= 4 is 41.0 Å². The van der Waals surface area contributed by atoms with Crippen LogP contribution >= 0.6 is 11.8 Å². The van der Waals surface area contributed by atoms with E-state index < -0.39 is 28.8 Å². The molecule has 1 aromatic carbocycles. The monoisotopic (exact) mass is 394 g/mol. The van der Waals surface area contributed by atoms with Gasteiger partial charge in [0.2, 0.25) is 0 Å². The third-order valence-corrected chi connectivity index (χ3v) is 5.05. The van der Waals surface area contributed by atoms with Crippen molar-refractivity contribution in [2.75, 3.05) is 18.4 Å². The maximum atomic E-state index is 13.7. The van der Waals surface area contributed by atoms with E-state index in [0.717, 1.165) is 17.0 Å². The molecule has 1 unspecified atom stereocenters. The van der Waals surface area contributed by atoms with Crippen molar-refractivity contribution in [3.8, 4) is 0 Å². The van der Waals surface area contributed by atoms with Gasteiger partial charge in [0.1, 0.15) is 17.3 Å². The Labute approximate surface area is 158 Å². The average molecular weight is 394 g/mol. The molecule has 2 aliphatic heterocycles. The Morgan fingerprint density at radius 1 is 1.33 bits per heavy atom. The third kappa shape index (κ3) is 3.92. The second kappa shape index (κ2) is 7.59. The van der Waals surface area contributed by atoms with Crippen molar-refractivity contribution in [2.24, 2.45) is 5.92 Å². The zero-order chi connectivity index (χ0) is 19.7. The number of rotatable bonds is 5. The highest BCUT2D eigenvalue weighted by Crippen LogP contribution is 2.28. The minimum atomic E-state index is -0.910. The first kappa shape index (κ1) is 19.2. The largest absolute Gasteiger partial charge is 0.501 e. The highest BCUT2D eigenvalue weighted by molar-refractivity contribution is 8.04. The van der Waals surface area contributed by atoms with Crippen LogP contribution < -0.4 is 5.32 Å². The second-order valence-electron chi connectivity index (χ2n) is 6.63. The van der Waals surface area contributed by atoms with Crippen LogP contribution in [-0.4, -0.2) is 51.4 Å². The number of anilines is 1. The third-order valence-electron chi connectivity index (χ3n) is 4.04. The van der Waals surface area contributed by atoms with E-state index in [1.807, 2.05) is 13.8 Å². The molecule has 6 nitrogen and oxygen atoms in total. The van der Waals surface area contributed by atoms with Gasteiger partial charge < -0.3 is 5.32 Å². The lowest BCUT2D eigenvalue weighted by atomic mass is 10.1. The van der Waals surface area contributed by atoms with E-state index in [2.05, 4.69) is 5.32 Å². The second-order valence-corrected chi connectivity index (χ2v) is 7.64. The summed E-state index contributed by atoms with van der Waals surface area (Å²) in [6.07, 6.45) is 1.63. The molecule has 0 saturated heterocycles. The van der Waals surface area contributed by atoms with Crippen LogP contribution in [0.1, 0.15) is 13.8 Å². The number of halogens is 2. The molecule has 4 amide bonds. The molecule has 0 fully saturated rings. The van der Waals surface area contributed by atoms with Crippen molar-refractivity contribution in [1.29, 1.82) is 0 Å². The molecule has 142 valence electrons. The molecule has 0 bridgehead atoms. The number of thioether (sulfide) groups is 1. The Balaban J connectivity index is 1.83. The lowest BCUT2D eigenvalue weighted by Gasteiger charge is -2.25. The molecular formula is C18H18F2N3O3S+. The SMILES string of the molecule is CC(C)CN1C(=O)C2SC=CC2=[N+](CC(=O)Nc2ccc(F)cc2F)C1=O. The molecule has 2 aliphatic rings. The summed E-state index contributed by atoms with van der Waals surface area (Å²) < 4.78 is 27.9. The van der Waals surface area contributed by atoms with Crippen LogP contribution in [0.25, 0.3) is 0 Å². The van der Waals surface area contributed by atoms with Crippen LogP contribution in [0, 0.1) is 17.6 Å². The lowest BCUT2D eigenvalue weighted by molar-refractivity contribution is -0.426. The predicted octanol–water partition coefficient (Wildman–Crippen LogP) is 2.60. The Hall–Kier alpha value is -2.55. The summed E-state index contributed by atoms with van der Waals surface area (Å²) in [5, 5.41) is 3.46. The van der Waals surface area contributed by atoms with Crippen molar-refractivity contribution in [1.82, 2.24) is 4.90 Å². The van der Waals surface area contributed by atoms with Gasteiger partial charge in [-0.05, 0) is 29.5 Å². The molecule has 1 atom stereocenters. The van der Waals surface area contributed by atoms with E-state index in [9.17, 15) is 23.2 Å². The topological polar surface area (TPSA) is 69.5 Å². The number of hydrogen-bond donors (Lipinski definition) is 1. The number of nitrogens with one attached hydrogen (secondary N) is 1. The molecular weight excluding hydrogens is 376 g/mol. The van der Waals surface area contributed by atoms with Gasteiger partial charge in [-0.25, -0.2) is 13.6 Å². The average Bonchev–Trinajstić information content (AvgIpc) is 3.07. The van der Waals surface area contributed by atoms with Gasteiger partial charge in [0.05, 0.1) is 12.2 Å². The zero-order valence-corrected chi connectivity index (χ0v) is 15.6. The molecule has 1 aromatic rings. The van der Waals surface area contributed by atoms with Crippen LogP contribution in [0.5, 0.6) is 0 Å². The zero-order valence-electron chi connectivity index (χ0n) is 14.7. The summed E-state index contributed by atoms with van der Waals surface area (Å²) in [7, 11) is 0. The molecule has 0 radical (unpaired) electrons. The molecule has 0 spiro atoms. The number of nitrogens with zero attached hydrogens (tertiary/aromatic N) is 2. The predicted molar refractivity (Wildman–Crippen MR) is 97.6 cm³/mol. The maximum absolute atomic E-state index is 13.7. The Kier molecular flexibility index (Phi) is 5.41. The van der Waals surface area contributed by atoms with Gasteiger partial charge in [0, 0.05) is 6.07 Å². The number of imide groups is 1. The van der Waals surface area contributed by atoms with Crippen LogP contribution in [-0.2, 0) is 9.59 Å². The van der Waals surface area contributed by atoms with Gasteiger partial charge >= 0.3 is 11.9 Å². The van der Waals surface area contributed by atoms with E-state index in [1.54, 1.807) is 11.5 Å². The molecule has 27 heavy (non-hydrogen) atoms. The van der Waals surface area contributed by atoms with Gasteiger partial charge in [-0.15, -0.1) is 11.8 Å². The summed E-state index contributed by atoms with van der Waals surface area (Å²) in [5.74, 6) is -2.55. The standard InChI is InChI=1S/C18H17F2N3O3S/c1-10(2)8-23-17(25)16-14(5-6-27-16)22(18(23)26)9-15(24)21-13-4-3-11(19)7-12(13)20/h3-7,10,16H,8-9H2,1-2H3/p+1. The van der Waals surface area contributed by atoms with Crippen molar-refractivity contribution < 1.29 is 27.7 Å². The number of amides is 4. The molecule has 3 rings (SSSR count). The Morgan fingerprint density at radius 2 is 2.07 bits per heavy atom. The highest BCUT2D eigenvalue weighted by Gasteiger charge is 2.49. The number of fused-ring (bicyclic) bond motifs is 1. The number of carbonyl (C=O) groups excluding carboxylic acids is 3. The molecule has 9 heteroatoms. The Bertz CT molecular complexity index is 883. The number of benzene rings is 1. The number of carbonyl (C=O) groups is 3. The highest BCUT2D eigenvalue weighted by atomic mass is 32.2. The fourth-order valence-electron chi connectivity index (χ4n) is 2.87. The summed E-state index contributed by atoms with van der Waals surface area (Å²) in [6.45, 7) is 3.63. The van der Waals surface area contributed by atoms with Gasteiger partial charge in [-0.3, -0.25) is 4.79 Å². The quantitative estimate of drug-likeness (QED) is 0.780. The number of hydrogen-bond acceptors (Lipinski definition) is 4. The van der Waals surface area contributed by atoms with Gasteiger partial charge in [-0.1, -0.05) is 13.8 Å². The smallest absolute Gasteiger partial charge is 0.320 e. The van der Waals surface area contributed by atoms with E-state index in [-0.39, 0.29) is 30.6 Å². The fraction of sp³-hybridized carbons (Fsp3) is 0.333. The van der Waals surface area contributed by atoms with Crippen LogP contribution in [0.4, 0.5) is 19.3 Å². The lowest BCUT2D eigenvalue weighted by Crippen LogP contribution is -2.57. The van der Waals surface area contributed by atoms with E-state index in [0.29, 0.717) is 11.8 Å². The normalized spacial score (nSPS) is 19.1. The van der Waals surface area contributed by atoms with Crippen LogP contribution in [0.2, 0.25) is 0 Å². The van der Waals surface area contributed by atoms with Gasteiger partial charge in [0.25, 0.3) is 5.91 Å². The van der Waals surface area contributed by atoms with E-state index >= 15 is 0 Å². The van der Waals surface area contributed by atoms with Crippen molar-refractivity contribution in [3.05, 3.63) is 41.3 Å². The summed E-state index contributed by atoms with van der Waals surface area (Å²) in [4.78, 5) is 38.8. The first-order chi connectivity index (χ1) is 12.8. The van der Waals surface area contributed by atoms with Gasteiger partial charge in [0.15, 0.2) is 11.8 Å². The number of allylic oxidation sites excluding steroid dienone is 1. The molecule has 2 heterocycles. The maximum Gasteiger partial charge on any atom is 0.501 e. The van der Waals surface area contributed by atoms with Crippen molar-refractivity contribution in [2.45, 2.75) is 19.1 Å². The van der Waals surface area contributed by atoms with Crippen LogP contribution in [0.15, 0.2) is 29.7 Å². The van der Waals surface area contributed by atoms with Crippen molar-refractivity contribution in [3.63, 3.8) is 0 Å². The van der Waals surface area contributed by atoms with E-state index in [4.69, 9.17) is 0 Å². The molecule has 0 saturated carbocycles. The van der Waals surface area contributed by atoms with Gasteiger partial charge in [-0.2, -0.15) is 14.3 Å². The first-order valence-electron chi connectivity index (χ1n) is 8.34. The Morgan fingerprint density at radius 3 is 2.74 bits per heavy atom. The molecule has 0 aromatic heterocycles.